The van der Waals surface area contributed by atoms with Crippen LogP contribution in [-0.4, -0.2) is 14.9 Å². The molecule has 0 bridgehead atoms. The van der Waals surface area contributed by atoms with Crippen LogP contribution in [0.25, 0.3) is 16.9 Å². The van der Waals surface area contributed by atoms with Crippen molar-refractivity contribution in [3.05, 3.63) is 65.9 Å². The fourth-order valence-corrected chi connectivity index (χ4v) is 2.88. The number of rotatable bonds is 5. The topological polar surface area (TPSA) is 64.1 Å². The Morgan fingerprint density at radius 3 is 2.50 bits per heavy atom. The summed E-state index contributed by atoms with van der Waals surface area (Å²) in [7, 11) is 0. The molecule has 0 saturated heterocycles. The van der Waals surface area contributed by atoms with Crippen LogP contribution in [0, 0.1) is 0 Å². The minimum Gasteiger partial charge on any atom is -0.392 e. The molecule has 3 N–H and O–H groups in total. The van der Waals surface area contributed by atoms with Crippen LogP contribution in [0.5, 0.6) is 0 Å². The Bertz CT molecular complexity index is 837. The van der Waals surface area contributed by atoms with Gasteiger partial charge in [0.25, 0.3) is 6.43 Å². The second-order valence-corrected chi connectivity index (χ2v) is 5.78. The predicted octanol–water partition coefficient (Wildman–Crippen LogP) is 3.94. The van der Waals surface area contributed by atoms with E-state index in [1.54, 1.807) is 18.2 Å². The van der Waals surface area contributed by atoms with Crippen LogP contribution in [0.4, 0.5) is 8.78 Å². The number of nitrogens with two attached hydrogens (primary N) is 1. The third kappa shape index (κ3) is 3.19. The van der Waals surface area contributed by atoms with Crippen molar-refractivity contribution < 1.29 is 13.9 Å². The first-order chi connectivity index (χ1) is 11.6. The van der Waals surface area contributed by atoms with Crippen LogP contribution in [-0.2, 0) is 6.61 Å². The Morgan fingerprint density at radius 2 is 1.88 bits per heavy atom. The molecule has 1 heterocycles. The standard InChI is InChI=1S/C17H15F2N3OS/c18-17(19)14-9-15(11-4-2-1-3-5-11)22(21-14)13-6-7-16(24-20)12(8-13)10-23/h1-9,17,23H,10,20H2. The number of alkyl halides is 2. The lowest BCUT2D eigenvalue weighted by atomic mass is 10.1. The molecule has 24 heavy (non-hydrogen) atoms. The van der Waals surface area contributed by atoms with Gasteiger partial charge in [-0.15, -0.1) is 0 Å². The van der Waals surface area contributed by atoms with E-state index in [1.165, 1.54) is 10.7 Å². The van der Waals surface area contributed by atoms with E-state index in [9.17, 15) is 13.9 Å². The number of halogens is 2. The first kappa shape index (κ1) is 16.6. The molecule has 4 nitrogen and oxygen atoms in total. The minimum absolute atomic E-state index is 0.197. The van der Waals surface area contributed by atoms with Crippen molar-refractivity contribution in [3.63, 3.8) is 0 Å². The van der Waals surface area contributed by atoms with Gasteiger partial charge in [0, 0.05) is 10.5 Å². The quantitative estimate of drug-likeness (QED) is 0.686. The Labute approximate surface area is 142 Å². The molecule has 0 amide bonds. The minimum atomic E-state index is -2.66. The summed E-state index contributed by atoms with van der Waals surface area (Å²) >= 11 is 1.02. The fraction of sp³-hybridized carbons (Fsp3) is 0.118. The summed E-state index contributed by atoms with van der Waals surface area (Å²) in [6, 6.07) is 15.8. The number of nitrogens with zero attached hydrogens (tertiary/aromatic N) is 2. The molecular formula is C17H15F2N3OS. The third-order valence-corrected chi connectivity index (χ3v) is 4.26. The first-order valence-electron chi connectivity index (χ1n) is 7.18. The molecule has 2 aromatic carbocycles. The average molecular weight is 347 g/mol. The van der Waals surface area contributed by atoms with Gasteiger partial charge >= 0.3 is 0 Å². The molecule has 0 unspecified atom stereocenters. The van der Waals surface area contributed by atoms with Gasteiger partial charge in [-0.3, -0.25) is 5.14 Å². The van der Waals surface area contributed by atoms with Crippen molar-refractivity contribution in [2.24, 2.45) is 5.14 Å². The number of benzene rings is 2. The monoisotopic (exact) mass is 347 g/mol. The van der Waals surface area contributed by atoms with Crippen LogP contribution in [0.15, 0.2) is 59.5 Å². The van der Waals surface area contributed by atoms with E-state index in [0.29, 0.717) is 16.9 Å². The Hall–Kier alpha value is -2.22. The summed E-state index contributed by atoms with van der Waals surface area (Å²) in [6.07, 6.45) is -2.66. The van der Waals surface area contributed by atoms with Gasteiger partial charge in [0.05, 0.1) is 18.0 Å². The van der Waals surface area contributed by atoms with E-state index in [1.807, 2.05) is 30.3 Å². The number of hydrogen-bond donors (Lipinski definition) is 2. The molecule has 0 spiro atoms. The summed E-state index contributed by atoms with van der Waals surface area (Å²) in [6.45, 7) is -0.197. The van der Waals surface area contributed by atoms with Gasteiger partial charge in [-0.2, -0.15) is 5.10 Å². The molecule has 124 valence electrons. The van der Waals surface area contributed by atoms with Crippen molar-refractivity contribution in [1.82, 2.24) is 9.78 Å². The molecule has 0 fully saturated rings. The van der Waals surface area contributed by atoms with Crippen molar-refractivity contribution in [2.75, 3.05) is 0 Å². The zero-order valence-electron chi connectivity index (χ0n) is 12.6. The number of aliphatic hydroxyl groups excluding tert-OH is 1. The van der Waals surface area contributed by atoms with Crippen LogP contribution in [0.2, 0.25) is 0 Å². The molecule has 0 saturated carbocycles. The van der Waals surface area contributed by atoms with Gasteiger partial charge < -0.3 is 5.11 Å². The smallest absolute Gasteiger partial charge is 0.282 e. The summed E-state index contributed by atoms with van der Waals surface area (Å²) in [5.41, 5.74) is 2.25. The van der Waals surface area contributed by atoms with E-state index in [2.05, 4.69) is 5.10 Å². The maximum atomic E-state index is 13.1. The Morgan fingerprint density at radius 1 is 1.12 bits per heavy atom. The summed E-state index contributed by atoms with van der Waals surface area (Å²) in [4.78, 5) is 0.726. The van der Waals surface area contributed by atoms with E-state index in [4.69, 9.17) is 5.14 Å². The van der Waals surface area contributed by atoms with Crippen molar-refractivity contribution in [2.45, 2.75) is 17.9 Å². The molecule has 3 aromatic rings. The average Bonchev–Trinajstić information content (AvgIpc) is 3.07. The van der Waals surface area contributed by atoms with E-state index < -0.39 is 6.43 Å². The molecular weight excluding hydrogens is 332 g/mol. The van der Waals surface area contributed by atoms with Crippen LogP contribution >= 0.6 is 11.9 Å². The normalized spacial score (nSPS) is 11.2. The highest BCUT2D eigenvalue weighted by Crippen LogP contribution is 2.29. The second kappa shape index (κ2) is 7.12. The number of hydrogen-bond acceptors (Lipinski definition) is 4. The maximum Gasteiger partial charge on any atom is 0.282 e. The van der Waals surface area contributed by atoms with Crippen LogP contribution in [0.3, 0.4) is 0 Å². The molecule has 0 radical (unpaired) electrons. The zero-order valence-corrected chi connectivity index (χ0v) is 13.4. The number of aliphatic hydroxyl groups is 1. The largest absolute Gasteiger partial charge is 0.392 e. The maximum absolute atomic E-state index is 13.1. The van der Waals surface area contributed by atoms with E-state index in [0.717, 1.165) is 22.4 Å². The molecule has 0 aliphatic rings. The van der Waals surface area contributed by atoms with Gasteiger partial charge in [0.15, 0.2) is 0 Å². The first-order valence-corrected chi connectivity index (χ1v) is 8.06. The Balaban J connectivity index is 2.16. The Kier molecular flexibility index (Phi) is 4.94. The van der Waals surface area contributed by atoms with E-state index in [-0.39, 0.29) is 12.3 Å². The van der Waals surface area contributed by atoms with Crippen LogP contribution in [0.1, 0.15) is 17.7 Å². The van der Waals surface area contributed by atoms with Crippen molar-refractivity contribution >= 4 is 11.9 Å². The van der Waals surface area contributed by atoms with Crippen LogP contribution < -0.4 is 5.14 Å². The molecule has 0 aliphatic heterocycles. The van der Waals surface area contributed by atoms with Gasteiger partial charge in [-0.1, -0.05) is 30.3 Å². The highest BCUT2D eigenvalue weighted by atomic mass is 32.2. The molecule has 0 aliphatic carbocycles. The number of aromatic nitrogens is 2. The highest BCUT2D eigenvalue weighted by molar-refractivity contribution is 7.97. The van der Waals surface area contributed by atoms with Crippen molar-refractivity contribution in [3.8, 4) is 16.9 Å². The predicted molar refractivity (Wildman–Crippen MR) is 89.9 cm³/mol. The highest BCUT2D eigenvalue weighted by Gasteiger charge is 2.18. The lowest BCUT2D eigenvalue weighted by molar-refractivity contribution is 0.145. The summed E-state index contributed by atoms with van der Waals surface area (Å²) < 4.78 is 27.7. The molecule has 7 heteroatoms. The third-order valence-electron chi connectivity index (χ3n) is 3.61. The zero-order chi connectivity index (χ0) is 17.1. The lowest BCUT2D eigenvalue weighted by Crippen LogP contribution is -2.02. The van der Waals surface area contributed by atoms with Gasteiger partial charge in [0.1, 0.15) is 5.69 Å². The molecule has 0 atom stereocenters. The molecule has 3 rings (SSSR count). The van der Waals surface area contributed by atoms with Gasteiger partial charge in [-0.05, 0) is 41.8 Å². The van der Waals surface area contributed by atoms with E-state index >= 15 is 0 Å². The second-order valence-electron chi connectivity index (χ2n) is 5.10. The SMILES string of the molecule is NSc1ccc(-n2nc(C(F)F)cc2-c2ccccc2)cc1CO. The lowest BCUT2D eigenvalue weighted by Gasteiger charge is -2.11. The summed E-state index contributed by atoms with van der Waals surface area (Å²) in [5, 5.41) is 19.1. The van der Waals surface area contributed by atoms with Crippen molar-refractivity contribution in [1.29, 1.82) is 0 Å². The fourth-order valence-electron chi connectivity index (χ4n) is 2.45. The van der Waals surface area contributed by atoms with Gasteiger partial charge in [-0.25, -0.2) is 13.5 Å². The molecule has 1 aromatic heterocycles. The summed E-state index contributed by atoms with van der Waals surface area (Å²) in [5.74, 6) is 0. The van der Waals surface area contributed by atoms with Gasteiger partial charge in [0.2, 0.25) is 0 Å².